The van der Waals surface area contributed by atoms with E-state index in [9.17, 15) is 4.79 Å². The van der Waals surface area contributed by atoms with Crippen LogP contribution in [0.5, 0.6) is 0 Å². The lowest BCUT2D eigenvalue weighted by Crippen LogP contribution is -2.31. The van der Waals surface area contributed by atoms with E-state index in [1.807, 2.05) is 6.07 Å². The Kier molecular flexibility index (Phi) is 6.30. The van der Waals surface area contributed by atoms with Crippen LogP contribution in [-0.4, -0.2) is 30.3 Å². The fourth-order valence-corrected chi connectivity index (χ4v) is 3.35. The van der Waals surface area contributed by atoms with Crippen molar-refractivity contribution in [1.29, 1.82) is 0 Å². The Balaban J connectivity index is 1.48. The van der Waals surface area contributed by atoms with Gasteiger partial charge in [0.05, 0.1) is 10.0 Å². The molecule has 0 atom stereocenters. The number of Topliss-reactive ketones (excluding diaryl/α,β-unsaturated/α-hetero) is 1. The van der Waals surface area contributed by atoms with Crippen molar-refractivity contribution in [1.82, 2.24) is 4.90 Å². The fourth-order valence-electron chi connectivity index (χ4n) is 3.05. The smallest absolute Gasteiger partial charge is 0.164 e. The van der Waals surface area contributed by atoms with Crippen LogP contribution in [0.15, 0.2) is 60.2 Å². The van der Waals surface area contributed by atoms with Gasteiger partial charge in [-0.2, -0.15) is 0 Å². The zero-order valence-corrected chi connectivity index (χ0v) is 15.6. The van der Waals surface area contributed by atoms with E-state index in [1.165, 1.54) is 11.1 Å². The van der Waals surface area contributed by atoms with E-state index in [1.54, 1.807) is 18.2 Å². The van der Waals surface area contributed by atoms with Crippen LogP contribution in [0.25, 0.3) is 0 Å². The summed E-state index contributed by atoms with van der Waals surface area (Å²) in [5, 5.41) is 0.907. The van der Waals surface area contributed by atoms with Gasteiger partial charge in [0.1, 0.15) is 0 Å². The second-order valence-electron chi connectivity index (χ2n) is 6.38. The average Bonchev–Trinajstić information content (AvgIpc) is 2.64. The van der Waals surface area contributed by atoms with Crippen molar-refractivity contribution in [3.63, 3.8) is 0 Å². The van der Waals surface area contributed by atoms with E-state index in [2.05, 4.69) is 35.2 Å². The molecule has 0 N–H and O–H groups in total. The van der Waals surface area contributed by atoms with Crippen LogP contribution in [0.4, 0.5) is 0 Å². The van der Waals surface area contributed by atoms with Crippen molar-refractivity contribution in [2.45, 2.75) is 19.3 Å². The van der Waals surface area contributed by atoms with Crippen LogP contribution < -0.4 is 0 Å². The van der Waals surface area contributed by atoms with Gasteiger partial charge in [0.25, 0.3) is 0 Å². The van der Waals surface area contributed by atoms with Crippen molar-refractivity contribution >= 4 is 29.0 Å². The predicted octanol–water partition coefficient (Wildman–Crippen LogP) is 5.44. The first kappa shape index (κ1) is 18.2. The van der Waals surface area contributed by atoms with Crippen molar-refractivity contribution < 1.29 is 4.79 Å². The first-order valence-corrected chi connectivity index (χ1v) is 9.30. The third-order valence-corrected chi connectivity index (χ3v) is 5.30. The summed E-state index contributed by atoms with van der Waals surface area (Å²) < 4.78 is 0. The molecular weight excluding hydrogens is 353 g/mol. The van der Waals surface area contributed by atoms with Gasteiger partial charge in [0.15, 0.2) is 5.78 Å². The molecule has 0 radical (unpaired) electrons. The molecule has 1 heterocycles. The fraction of sp³-hybridized carbons (Fsp3) is 0.286. The summed E-state index contributed by atoms with van der Waals surface area (Å²) in [6.45, 7) is 2.69. The molecule has 0 bridgehead atoms. The van der Waals surface area contributed by atoms with Crippen LogP contribution in [0.1, 0.15) is 28.8 Å². The van der Waals surface area contributed by atoms with Gasteiger partial charge in [0, 0.05) is 31.6 Å². The van der Waals surface area contributed by atoms with Crippen molar-refractivity contribution in [3.8, 4) is 0 Å². The van der Waals surface area contributed by atoms with E-state index in [0.717, 1.165) is 32.5 Å². The standard InChI is InChI=1S/C21H21Cl2NO/c22-19-7-6-18(15-20(19)23)21(25)10-13-24-11-8-17(9-12-24)14-16-4-2-1-3-5-16/h1-8,15H,9-14H2. The van der Waals surface area contributed by atoms with E-state index in [0.29, 0.717) is 22.0 Å². The minimum atomic E-state index is 0.109. The summed E-state index contributed by atoms with van der Waals surface area (Å²) in [7, 11) is 0. The van der Waals surface area contributed by atoms with E-state index < -0.39 is 0 Å². The van der Waals surface area contributed by atoms with Crippen LogP contribution >= 0.6 is 23.2 Å². The number of rotatable bonds is 6. The molecule has 1 aliphatic heterocycles. The maximum absolute atomic E-state index is 12.3. The first-order valence-electron chi connectivity index (χ1n) is 8.54. The van der Waals surface area contributed by atoms with Gasteiger partial charge in [-0.15, -0.1) is 0 Å². The summed E-state index contributed by atoms with van der Waals surface area (Å²) in [5.74, 6) is 0.109. The summed E-state index contributed by atoms with van der Waals surface area (Å²) >= 11 is 11.9. The van der Waals surface area contributed by atoms with Gasteiger partial charge in [-0.3, -0.25) is 9.69 Å². The lowest BCUT2D eigenvalue weighted by molar-refractivity contribution is 0.0966. The van der Waals surface area contributed by atoms with Gasteiger partial charge in [-0.25, -0.2) is 0 Å². The number of hydrogen-bond acceptors (Lipinski definition) is 2. The molecule has 4 heteroatoms. The van der Waals surface area contributed by atoms with Gasteiger partial charge >= 0.3 is 0 Å². The molecule has 0 fully saturated rings. The van der Waals surface area contributed by atoms with Crippen LogP contribution in [0.3, 0.4) is 0 Å². The molecule has 0 aromatic heterocycles. The molecule has 1 aliphatic rings. The number of ketones is 1. The summed E-state index contributed by atoms with van der Waals surface area (Å²) in [6, 6.07) is 15.6. The third-order valence-electron chi connectivity index (χ3n) is 4.56. The molecule has 2 aromatic carbocycles. The normalized spacial score (nSPS) is 15.0. The predicted molar refractivity (Wildman–Crippen MR) is 105 cm³/mol. The number of carbonyl (C=O) groups is 1. The first-order chi connectivity index (χ1) is 12.1. The Morgan fingerprint density at radius 3 is 2.52 bits per heavy atom. The molecule has 3 rings (SSSR count). The van der Waals surface area contributed by atoms with Gasteiger partial charge in [-0.1, -0.05) is 65.2 Å². The summed E-state index contributed by atoms with van der Waals surface area (Å²) in [4.78, 5) is 14.6. The second-order valence-corrected chi connectivity index (χ2v) is 7.19. The molecule has 130 valence electrons. The molecule has 25 heavy (non-hydrogen) atoms. The molecule has 0 saturated heterocycles. The Labute approximate surface area is 159 Å². The molecule has 0 unspecified atom stereocenters. The minimum Gasteiger partial charge on any atom is -0.299 e. The SMILES string of the molecule is O=C(CCN1CC=C(Cc2ccccc2)CC1)c1ccc(Cl)c(Cl)c1. The van der Waals surface area contributed by atoms with Crippen LogP contribution in [-0.2, 0) is 6.42 Å². The van der Waals surface area contributed by atoms with Gasteiger partial charge in [-0.05, 0) is 36.6 Å². The quantitative estimate of drug-likeness (QED) is 0.496. The van der Waals surface area contributed by atoms with Crippen molar-refractivity contribution in [3.05, 3.63) is 81.4 Å². The zero-order valence-electron chi connectivity index (χ0n) is 14.1. The average molecular weight is 374 g/mol. The highest BCUT2D eigenvalue weighted by Crippen LogP contribution is 2.23. The van der Waals surface area contributed by atoms with Gasteiger partial charge < -0.3 is 0 Å². The number of hydrogen-bond donors (Lipinski definition) is 0. The molecule has 2 nitrogen and oxygen atoms in total. The second kappa shape index (κ2) is 8.66. The van der Waals surface area contributed by atoms with Crippen LogP contribution in [0.2, 0.25) is 10.0 Å². The number of benzene rings is 2. The maximum atomic E-state index is 12.3. The molecule has 0 saturated carbocycles. The molecule has 0 amide bonds. The minimum absolute atomic E-state index is 0.109. The highest BCUT2D eigenvalue weighted by atomic mass is 35.5. The molecule has 2 aromatic rings. The number of carbonyl (C=O) groups excluding carboxylic acids is 1. The maximum Gasteiger partial charge on any atom is 0.164 e. The van der Waals surface area contributed by atoms with E-state index >= 15 is 0 Å². The highest BCUT2D eigenvalue weighted by Gasteiger charge is 2.14. The lowest BCUT2D eigenvalue weighted by Gasteiger charge is -2.26. The van der Waals surface area contributed by atoms with E-state index in [-0.39, 0.29) is 5.78 Å². The molecule has 0 aliphatic carbocycles. The summed E-state index contributed by atoms with van der Waals surface area (Å²) in [5.41, 5.74) is 3.47. The Bertz CT molecular complexity index is 771. The monoisotopic (exact) mass is 373 g/mol. The van der Waals surface area contributed by atoms with Crippen molar-refractivity contribution in [2.75, 3.05) is 19.6 Å². The number of nitrogens with zero attached hydrogens (tertiary/aromatic N) is 1. The van der Waals surface area contributed by atoms with E-state index in [4.69, 9.17) is 23.2 Å². The topological polar surface area (TPSA) is 20.3 Å². The molecular formula is C21H21Cl2NO. The lowest BCUT2D eigenvalue weighted by atomic mass is 9.99. The van der Waals surface area contributed by atoms with Crippen molar-refractivity contribution in [2.24, 2.45) is 0 Å². The number of halogens is 2. The van der Waals surface area contributed by atoms with Crippen LogP contribution in [0, 0.1) is 0 Å². The van der Waals surface area contributed by atoms with Gasteiger partial charge in [0.2, 0.25) is 0 Å². The summed E-state index contributed by atoms with van der Waals surface area (Å²) in [6.07, 6.45) is 4.90. The molecule has 0 spiro atoms. The Morgan fingerprint density at radius 1 is 1.04 bits per heavy atom. The zero-order chi connectivity index (χ0) is 17.6. The Hall–Kier alpha value is -1.61. The Morgan fingerprint density at radius 2 is 1.84 bits per heavy atom. The largest absolute Gasteiger partial charge is 0.299 e. The highest BCUT2D eigenvalue weighted by molar-refractivity contribution is 6.42. The third kappa shape index (κ3) is 5.18.